The van der Waals surface area contributed by atoms with Gasteiger partial charge >= 0.3 is 0 Å². The molecule has 5 rings (SSSR count). The number of fused-ring (bicyclic) bond motifs is 1. The number of anilines is 1. The number of carbonyl (C=O) groups excluding carboxylic acids is 2. The average Bonchev–Trinajstić information content (AvgIpc) is 3.57. The number of rotatable bonds is 6. The molecule has 0 bridgehead atoms. The highest BCUT2D eigenvalue weighted by Gasteiger charge is 2.64. The molecular formula is C26H25Cl2N3O6S2. The van der Waals surface area contributed by atoms with Gasteiger partial charge in [0.2, 0.25) is 5.91 Å². The number of benzene rings is 2. The lowest BCUT2D eigenvalue weighted by atomic mass is 9.80. The van der Waals surface area contributed by atoms with Crippen LogP contribution in [0.2, 0.25) is 9.36 Å². The smallest absolute Gasteiger partial charge is 0.280 e. The first-order valence-corrected chi connectivity index (χ1v) is 14.9. The number of amides is 2. The van der Waals surface area contributed by atoms with E-state index in [4.69, 9.17) is 27.9 Å². The van der Waals surface area contributed by atoms with Crippen LogP contribution in [0.1, 0.15) is 17.5 Å². The number of hydrogen-bond acceptors (Lipinski definition) is 8. The molecule has 39 heavy (non-hydrogen) atoms. The fraction of sp³-hybridized carbons (Fsp3) is 0.308. The number of likely N-dealkylation sites (N-methyl/N-ethyl adjacent to an activating group) is 1. The van der Waals surface area contributed by atoms with E-state index in [0.717, 1.165) is 15.6 Å². The van der Waals surface area contributed by atoms with Crippen LogP contribution >= 0.6 is 34.5 Å². The van der Waals surface area contributed by atoms with E-state index in [2.05, 4.69) is 0 Å². The third-order valence-electron chi connectivity index (χ3n) is 7.04. The van der Waals surface area contributed by atoms with Gasteiger partial charge < -0.3 is 14.7 Å². The Bertz CT molecular complexity index is 1580. The largest absolute Gasteiger partial charge is 0.496 e. The van der Waals surface area contributed by atoms with Crippen LogP contribution in [0.15, 0.2) is 58.8 Å². The summed E-state index contributed by atoms with van der Waals surface area (Å²) in [5.74, 6) is -0.893. The van der Waals surface area contributed by atoms with E-state index in [9.17, 15) is 23.1 Å². The van der Waals surface area contributed by atoms with Gasteiger partial charge in [0.15, 0.2) is 5.54 Å². The fourth-order valence-electron chi connectivity index (χ4n) is 5.46. The van der Waals surface area contributed by atoms with Crippen molar-refractivity contribution in [2.75, 3.05) is 32.1 Å². The second-order valence-electron chi connectivity index (χ2n) is 9.50. The molecule has 2 amide bonds. The number of ether oxygens (including phenoxy) is 1. The molecule has 1 fully saturated rings. The zero-order valence-corrected chi connectivity index (χ0v) is 24.3. The van der Waals surface area contributed by atoms with E-state index in [1.54, 1.807) is 43.3 Å². The van der Waals surface area contributed by atoms with E-state index in [1.165, 1.54) is 42.3 Å². The fourth-order valence-corrected chi connectivity index (χ4v) is 8.65. The summed E-state index contributed by atoms with van der Waals surface area (Å²) in [6.45, 7) is -0.0846. The van der Waals surface area contributed by atoms with E-state index < -0.39 is 33.6 Å². The third-order valence-corrected chi connectivity index (χ3v) is 10.7. The first-order valence-electron chi connectivity index (χ1n) is 11.9. The summed E-state index contributed by atoms with van der Waals surface area (Å²) < 4.78 is 34.6. The van der Waals surface area contributed by atoms with Crippen molar-refractivity contribution in [1.29, 1.82) is 0 Å². The molecular weight excluding hydrogens is 585 g/mol. The maximum Gasteiger partial charge on any atom is 0.280 e. The first-order chi connectivity index (χ1) is 18.4. The second kappa shape index (κ2) is 10.1. The second-order valence-corrected chi connectivity index (χ2v) is 13.7. The van der Waals surface area contributed by atoms with E-state index in [0.29, 0.717) is 11.3 Å². The summed E-state index contributed by atoms with van der Waals surface area (Å²) in [5, 5.41) is 11.1. The maximum atomic E-state index is 14.9. The molecule has 2 aliphatic heterocycles. The van der Waals surface area contributed by atoms with Crippen molar-refractivity contribution in [3.8, 4) is 5.75 Å². The monoisotopic (exact) mass is 609 g/mol. The number of aliphatic hydroxyl groups excluding tert-OH is 1. The van der Waals surface area contributed by atoms with Gasteiger partial charge in [-0.15, -0.1) is 11.3 Å². The van der Waals surface area contributed by atoms with E-state index in [-0.39, 0.29) is 43.7 Å². The van der Waals surface area contributed by atoms with Crippen LogP contribution < -0.4 is 9.04 Å². The first kappa shape index (κ1) is 27.9. The summed E-state index contributed by atoms with van der Waals surface area (Å²) in [4.78, 5) is 31.3. The van der Waals surface area contributed by atoms with Gasteiger partial charge in [0, 0.05) is 36.8 Å². The molecule has 0 saturated carbocycles. The molecule has 3 aromatic rings. The number of hydrogen-bond donors (Lipinski definition) is 1. The Kier molecular flexibility index (Phi) is 7.19. The van der Waals surface area contributed by atoms with Crippen LogP contribution in [-0.4, -0.2) is 75.0 Å². The van der Waals surface area contributed by atoms with E-state index >= 15 is 0 Å². The maximum absolute atomic E-state index is 14.9. The van der Waals surface area contributed by atoms with Crippen LogP contribution in [0.3, 0.4) is 0 Å². The Morgan fingerprint density at radius 1 is 1.13 bits per heavy atom. The Morgan fingerprint density at radius 2 is 1.85 bits per heavy atom. The number of β-amino-alcohol motifs (C(OH)–C–C–N with tert-alkyl or cyclic N) is 1. The summed E-state index contributed by atoms with van der Waals surface area (Å²) in [5.41, 5.74) is -1.23. The number of halogens is 2. The normalized spacial score (nSPS) is 23.2. The van der Waals surface area contributed by atoms with Crippen LogP contribution in [0.25, 0.3) is 0 Å². The highest BCUT2D eigenvalue weighted by atomic mass is 35.5. The molecule has 1 N–H and O–H groups in total. The predicted octanol–water partition coefficient (Wildman–Crippen LogP) is 3.57. The summed E-state index contributed by atoms with van der Waals surface area (Å²) in [6.07, 6.45) is -0.910. The minimum Gasteiger partial charge on any atom is -0.496 e. The van der Waals surface area contributed by atoms with Crippen LogP contribution in [0.4, 0.5) is 5.69 Å². The number of carbonyl (C=O) groups is 2. The number of aliphatic hydroxyl groups is 1. The molecule has 1 saturated heterocycles. The number of methoxy groups -OCH3 is 1. The molecule has 206 valence electrons. The lowest BCUT2D eigenvalue weighted by Crippen LogP contribution is -2.59. The highest BCUT2D eigenvalue weighted by molar-refractivity contribution is 7.95. The molecule has 9 nitrogen and oxygen atoms in total. The van der Waals surface area contributed by atoms with Crippen molar-refractivity contribution >= 4 is 62.1 Å². The summed E-state index contributed by atoms with van der Waals surface area (Å²) in [7, 11) is 0.165. The summed E-state index contributed by atoms with van der Waals surface area (Å²) in [6, 6.07) is 13.0. The topological polar surface area (TPSA) is 107 Å². The Hall–Kier alpha value is -2.67. The molecule has 1 unspecified atom stereocenters. The Balaban J connectivity index is 1.87. The van der Waals surface area contributed by atoms with Crippen molar-refractivity contribution in [1.82, 2.24) is 9.80 Å². The van der Waals surface area contributed by atoms with Crippen molar-refractivity contribution < 1.29 is 27.9 Å². The molecule has 1 aromatic heterocycles. The standard InChI is InChI=1S/C26H25Cl2N3O6S2/c1-29(2)24(33)20-13-16(32)14-30(20)26(17-6-4-5-7-21(17)37-3)18-12-15(27)8-9-19(18)31(25(26)34)39(35,36)23-11-10-22(28)38-23/h4-12,16,20,32H,13-14H2,1-3H3/t16-,20+,26?/m1/s1. The number of likely N-dealkylation sites (tertiary alicyclic amines) is 1. The van der Waals surface area contributed by atoms with Gasteiger partial charge in [0.05, 0.1) is 29.3 Å². The summed E-state index contributed by atoms with van der Waals surface area (Å²) >= 11 is 13.3. The van der Waals surface area contributed by atoms with Crippen molar-refractivity contribution in [3.05, 3.63) is 75.1 Å². The number of nitrogens with zero attached hydrogens (tertiary/aromatic N) is 3. The minimum absolute atomic E-state index is 0.0460. The Labute approximate surface area is 240 Å². The van der Waals surface area contributed by atoms with Gasteiger partial charge in [0.1, 0.15) is 9.96 Å². The average molecular weight is 611 g/mol. The molecule has 3 atom stereocenters. The SMILES string of the molecule is COc1ccccc1C1(N2C[C@H](O)C[C@H]2C(=O)N(C)C)C(=O)N(S(=O)(=O)c2ccc(Cl)s2)c2ccc(Cl)cc21. The molecule has 3 heterocycles. The van der Waals surface area contributed by atoms with Crippen LogP contribution in [0.5, 0.6) is 5.75 Å². The number of thiophene rings is 1. The molecule has 13 heteroatoms. The third kappa shape index (κ3) is 4.23. The van der Waals surface area contributed by atoms with Crippen LogP contribution in [0, 0.1) is 0 Å². The minimum atomic E-state index is -4.44. The van der Waals surface area contributed by atoms with Gasteiger partial charge in [0.25, 0.3) is 15.9 Å². The zero-order valence-electron chi connectivity index (χ0n) is 21.2. The quantitative estimate of drug-likeness (QED) is 0.455. The highest BCUT2D eigenvalue weighted by Crippen LogP contribution is 2.55. The van der Waals surface area contributed by atoms with Crippen molar-refractivity contribution in [3.63, 3.8) is 0 Å². The molecule has 2 aliphatic rings. The van der Waals surface area contributed by atoms with Gasteiger partial charge in [-0.25, -0.2) is 0 Å². The van der Waals surface area contributed by atoms with Gasteiger partial charge in [-0.3, -0.25) is 14.5 Å². The zero-order chi connectivity index (χ0) is 28.3. The van der Waals surface area contributed by atoms with Crippen molar-refractivity contribution in [2.24, 2.45) is 0 Å². The van der Waals surface area contributed by atoms with E-state index in [1.807, 2.05) is 0 Å². The number of para-hydroxylation sites is 1. The molecule has 0 radical (unpaired) electrons. The van der Waals surface area contributed by atoms with Crippen LogP contribution in [-0.2, 0) is 25.2 Å². The lowest BCUT2D eigenvalue weighted by Gasteiger charge is -2.42. The Morgan fingerprint density at radius 3 is 2.49 bits per heavy atom. The number of sulfonamides is 1. The molecule has 0 aliphatic carbocycles. The van der Waals surface area contributed by atoms with Gasteiger partial charge in [-0.05, 0) is 42.8 Å². The van der Waals surface area contributed by atoms with Gasteiger partial charge in [-0.1, -0.05) is 41.4 Å². The van der Waals surface area contributed by atoms with Crippen molar-refractivity contribution in [2.45, 2.75) is 28.3 Å². The molecule has 2 aromatic carbocycles. The molecule has 0 spiro atoms. The van der Waals surface area contributed by atoms with Gasteiger partial charge in [-0.2, -0.15) is 12.7 Å². The predicted molar refractivity (Wildman–Crippen MR) is 149 cm³/mol. The lowest BCUT2D eigenvalue weighted by molar-refractivity contribution is -0.138.